The Bertz CT molecular complexity index is 598. The molecule has 4 N–H and O–H groups in total. The molecule has 0 radical (unpaired) electrons. The van der Waals surface area contributed by atoms with Crippen LogP contribution in [-0.2, 0) is 9.31 Å². The molecule has 1 aliphatic heterocycles. The number of hydrogen-bond acceptors (Lipinski definition) is 4. The van der Waals surface area contributed by atoms with Crippen molar-refractivity contribution in [2.45, 2.75) is 45.8 Å². The van der Waals surface area contributed by atoms with Crippen molar-refractivity contribution in [2.75, 3.05) is 12.3 Å². The molecule has 0 saturated carbocycles. The van der Waals surface area contributed by atoms with Crippen molar-refractivity contribution in [3.8, 4) is 0 Å². The molecular weight excluding hydrogens is 282 g/mol. The Morgan fingerprint density at radius 2 is 1.77 bits per heavy atom. The highest BCUT2D eigenvalue weighted by Gasteiger charge is 2.52. The van der Waals surface area contributed by atoms with Gasteiger partial charge in [-0.15, -0.1) is 0 Å². The van der Waals surface area contributed by atoms with E-state index in [2.05, 4.69) is 0 Å². The van der Waals surface area contributed by atoms with Crippen LogP contribution >= 0.6 is 0 Å². The Morgan fingerprint density at radius 1 is 1.23 bits per heavy atom. The quantitative estimate of drug-likeness (QED) is 0.665. The predicted octanol–water partition coefficient (Wildman–Crippen LogP) is 2.69. The Balaban J connectivity index is 2.36. The number of nitrogen functional groups attached to an aromatic ring is 1. The zero-order chi connectivity index (χ0) is 16.7. The highest BCUT2D eigenvalue weighted by Crippen LogP contribution is 2.38. The first-order chi connectivity index (χ1) is 10.1. The summed E-state index contributed by atoms with van der Waals surface area (Å²) >= 11 is 0. The second kappa shape index (κ2) is 5.68. The minimum Gasteiger partial charge on any atom is -0.400 e. The fourth-order valence-electron chi connectivity index (χ4n) is 2.25. The van der Waals surface area contributed by atoms with Crippen LogP contribution in [-0.4, -0.2) is 24.9 Å². The topological polar surface area (TPSA) is 70.5 Å². The third kappa shape index (κ3) is 2.91. The van der Waals surface area contributed by atoms with E-state index in [1.807, 2.05) is 27.7 Å². The molecule has 0 aromatic heterocycles. The SMILES string of the molecule is Cc1c(N)ccc(C=C(CN)B2OC(C)(C)C(C)(C)O2)c1F. The number of halogens is 1. The normalized spacial score (nSPS) is 20.5. The molecule has 1 aromatic carbocycles. The summed E-state index contributed by atoms with van der Waals surface area (Å²) in [5, 5.41) is 0. The lowest BCUT2D eigenvalue weighted by atomic mass is 9.77. The van der Waals surface area contributed by atoms with Crippen LogP contribution < -0.4 is 11.5 Å². The van der Waals surface area contributed by atoms with Crippen LogP contribution in [0.1, 0.15) is 38.8 Å². The molecule has 0 amide bonds. The van der Waals surface area contributed by atoms with Gasteiger partial charge in [-0.1, -0.05) is 12.1 Å². The highest BCUT2D eigenvalue weighted by molar-refractivity contribution is 6.55. The van der Waals surface area contributed by atoms with Gasteiger partial charge >= 0.3 is 7.12 Å². The van der Waals surface area contributed by atoms with E-state index in [4.69, 9.17) is 20.8 Å². The first-order valence-corrected chi connectivity index (χ1v) is 7.40. The van der Waals surface area contributed by atoms with Gasteiger partial charge in [0.05, 0.1) is 11.2 Å². The van der Waals surface area contributed by atoms with E-state index in [9.17, 15) is 4.39 Å². The summed E-state index contributed by atoms with van der Waals surface area (Å²) in [6.45, 7) is 9.74. The largest absolute Gasteiger partial charge is 0.491 e. The zero-order valence-corrected chi connectivity index (χ0v) is 13.9. The second-order valence-electron chi connectivity index (χ2n) is 6.69. The summed E-state index contributed by atoms with van der Waals surface area (Å²) in [4.78, 5) is 0. The van der Waals surface area contributed by atoms with Crippen molar-refractivity contribution in [1.29, 1.82) is 0 Å². The van der Waals surface area contributed by atoms with Gasteiger partial charge in [0.1, 0.15) is 5.82 Å². The standard InChI is InChI=1S/C16H24BFN2O2/c1-10-13(20)7-6-11(14(10)18)8-12(9-19)17-21-15(2,3)16(4,5)22-17/h6-8H,9,19-20H2,1-5H3. The second-order valence-corrected chi connectivity index (χ2v) is 6.69. The smallest absolute Gasteiger partial charge is 0.400 e. The molecule has 0 unspecified atom stereocenters. The van der Waals surface area contributed by atoms with Crippen LogP contribution in [0.4, 0.5) is 10.1 Å². The van der Waals surface area contributed by atoms with Crippen molar-refractivity contribution >= 4 is 18.9 Å². The van der Waals surface area contributed by atoms with Crippen molar-refractivity contribution in [3.63, 3.8) is 0 Å². The van der Waals surface area contributed by atoms with E-state index in [-0.39, 0.29) is 12.4 Å². The summed E-state index contributed by atoms with van der Waals surface area (Å²) in [5.41, 5.74) is 12.6. The zero-order valence-electron chi connectivity index (χ0n) is 13.9. The summed E-state index contributed by atoms with van der Waals surface area (Å²) in [6, 6.07) is 3.32. The van der Waals surface area contributed by atoms with Gasteiger partial charge in [0, 0.05) is 23.4 Å². The van der Waals surface area contributed by atoms with E-state index in [0.29, 0.717) is 22.3 Å². The Labute approximate surface area is 131 Å². The average molecular weight is 306 g/mol. The molecule has 120 valence electrons. The van der Waals surface area contributed by atoms with Gasteiger partial charge in [-0.05, 0) is 46.2 Å². The van der Waals surface area contributed by atoms with E-state index < -0.39 is 18.3 Å². The van der Waals surface area contributed by atoms with Crippen LogP contribution in [0, 0.1) is 12.7 Å². The average Bonchev–Trinajstić information content (AvgIpc) is 2.64. The van der Waals surface area contributed by atoms with Crippen molar-refractivity contribution in [3.05, 3.63) is 34.5 Å². The maximum absolute atomic E-state index is 14.3. The molecular formula is C16H24BFN2O2. The summed E-state index contributed by atoms with van der Waals surface area (Å²) in [5.74, 6) is -0.345. The molecule has 0 atom stereocenters. The molecule has 4 nitrogen and oxygen atoms in total. The number of benzene rings is 1. The first kappa shape index (κ1) is 17.0. The molecule has 1 aliphatic rings. The van der Waals surface area contributed by atoms with Crippen LogP contribution in [0.25, 0.3) is 6.08 Å². The maximum Gasteiger partial charge on any atom is 0.491 e. The fraction of sp³-hybridized carbons (Fsp3) is 0.500. The molecule has 0 bridgehead atoms. The molecule has 0 aliphatic carbocycles. The lowest BCUT2D eigenvalue weighted by Crippen LogP contribution is -2.41. The summed E-state index contributed by atoms with van der Waals surface area (Å²) in [7, 11) is -0.577. The van der Waals surface area contributed by atoms with Crippen LogP contribution in [0.3, 0.4) is 0 Å². The van der Waals surface area contributed by atoms with Gasteiger partial charge in [0.25, 0.3) is 0 Å². The molecule has 22 heavy (non-hydrogen) atoms. The molecule has 1 fully saturated rings. The van der Waals surface area contributed by atoms with E-state index in [0.717, 1.165) is 0 Å². The van der Waals surface area contributed by atoms with E-state index in [1.165, 1.54) is 0 Å². The van der Waals surface area contributed by atoms with Crippen LogP contribution in [0.5, 0.6) is 0 Å². The van der Waals surface area contributed by atoms with Gasteiger partial charge in [0.2, 0.25) is 0 Å². The van der Waals surface area contributed by atoms with Crippen molar-refractivity contribution in [2.24, 2.45) is 5.73 Å². The van der Waals surface area contributed by atoms with Gasteiger partial charge in [-0.3, -0.25) is 0 Å². The monoisotopic (exact) mass is 306 g/mol. The van der Waals surface area contributed by atoms with Gasteiger partial charge in [0.15, 0.2) is 0 Å². The minimum absolute atomic E-state index is 0.222. The molecule has 6 heteroatoms. The Morgan fingerprint density at radius 3 is 2.27 bits per heavy atom. The molecule has 1 heterocycles. The number of rotatable bonds is 3. The van der Waals surface area contributed by atoms with Crippen LogP contribution in [0.15, 0.2) is 17.6 Å². The summed E-state index contributed by atoms with van der Waals surface area (Å²) in [6.07, 6.45) is 1.68. The van der Waals surface area contributed by atoms with Gasteiger partial charge in [-0.25, -0.2) is 4.39 Å². The number of nitrogens with two attached hydrogens (primary N) is 2. The third-order valence-corrected chi connectivity index (χ3v) is 4.59. The van der Waals surface area contributed by atoms with E-state index >= 15 is 0 Å². The summed E-state index contributed by atoms with van der Waals surface area (Å²) < 4.78 is 26.2. The first-order valence-electron chi connectivity index (χ1n) is 7.40. The number of hydrogen-bond donors (Lipinski definition) is 2. The van der Waals surface area contributed by atoms with Crippen molar-refractivity contribution in [1.82, 2.24) is 0 Å². The Hall–Kier alpha value is -1.37. The minimum atomic E-state index is -0.577. The van der Waals surface area contributed by atoms with Gasteiger partial charge in [-0.2, -0.15) is 0 Å². The molecule has 0 spiro atoms. The van der Waals surface area contributed by atoms with Crippen LogP contribution in [0.2, 0.25) is 0 Å². The Kier molecular flexibility index (Phi) is 4.39. The molecule has 1 aromatic rings. The third-order valence-electron chi connectivity index (χ3n) is 4.59. The van der Waals surface area contributed by atoms with Gasteiger partial charge < -0.3 is 20.8 Å². The van der Waals surface area contributed by atoms with E-state index in [1.54, 1.807) is 25.1 Å². The predicted molar refractivity (Wildman–Crippen MR) is 88.7 cm³/mol. The maximum atomic E-state index is 14.3. The highest BCUT2D eigenvalue weighted by atomic mass is 19.1. The molecule has 2 rings (SSSR count). The van der Waals surface area contributed by atoms with Crippen molar-refractivity contribution < 1.29 is 13.7 Å². The lowest BCUT2D eigenvalue weighted by Gasteiger charge is -2.32. The number of anilines is 1. The molecule has 1 saturated heterocycles. The lowest BCUT2D eigenvalue weighted by molar-refractivity contribution is 0.00578. The fourth-order valence-corrected chi connectivity index (χ4v) is 2.25.